The second kappa shape index (κ2) is 8.51. The molecule has 0 bridgehead atoms. The number of hydrogen-bond donors (Lipinski definition) is 1. The second-order valence-corrected chi connectivity index (χ2v) is 8.72. The molecule has 0 fully saturated rings. The third-order valence-corrected chi connectivity index (χ3v) is 6.09. The van der Waals surface area contributed by atoms with Gasteiger partial charge in [-0.2, -0.15) is 5.10 Å². The summed E-state index contributed by atoms with van der Waals surface area (Å²) in [5, 5.41) is 4.46. The second-order valence-electron chi connectivity index (χ2n) is 6.22. The number of rotatable bonds is 7. The molecule has 1 aromatic heterocycles. The summed E-state index contributed by atoms with van der Waals surface area (Å²) >= 11 is 12.1. The minimum absolute atomic E-state index is 0.0126. The number of benzene rings is 2. The predicted molar refractivity (Wildman–Crippen MR) is 109 cm³/mol. The zero-order valence-corrected chi connectivity index (χ0v) is 17.3. The summed E-state index contributed by atoms with van der Waals surface area (Å²) in [6, 6.07) is 11.0. The lowest BCUT2D eigenvalue weighted by Gasteiger charge is -2.08. The van der Waals surface area contributed by atoms with Gasteiger partial charge in [-0.05, 0) is 36.2 Å². The van der Waals surface area contributed by atoms with Crippen LogP contribution in [0.3, 0.4) is 0 Å². The molecule has 1 heterocycles. The van der Waals surface area contributed by atoms with Crippen molar-refractivity contribution in [2.45, 2.75) is 31.2 Å². The van der Waals surface area contributed by atoms with E-state index in [0.717, 1.165) is 18.4 Å². The Morgan fingerprint density at radius 3 is 2.46 bits per heavy atom. The maximum absolute atomic E-state index is 14.0. The van der Waals surface area contributed by atoms with E-state index in [1.54, 1.807) is 18.2 Å². The number of anilines is 1. The highest BCUT2D eigenvalue weighted by Crippen LogP contribution is 2.25. The minimum atomic E-state index is -3.85. The Morgan fingerprint density at radius 2 is 1.82 bits per heavy atom. The highest BCUT2D eigenvalue weighted by molar-refractivity contribution is 7.92. The van der Waals surface area contributed by atoms with Crippen molar-refractivity contribution in [3.8, 4) is 0 Å². The SMILES string of the molecule is CCCc1ccc(S(=O)(=O)Nc2nn(Cc3c(F)cccc3Cl)cc2Cl)cc1. The van der Waals surface area contributed by atoms with Gasteiger partial charge in [0, 0.05) is 16.8 Å². The number of halogens is 3. The van der Waals surface area contributed by atoms with Gasteiger partial charge in [0.15, 0.2) is 5.82 Å². The van der Waals surface area contributed by atoms with E-state index in [0.29, 0.717) is 0 Å². The van der Waals surface area contributed by atoms with E-state index in [-0.39, 0.29) is 32.9 Å². The molecule has 0 spiro atoms. The topological polar surface area (TPSA) is 64.0 Å². The molecule has 0 saturated heterocycles. The molecule has 2 aromatic carbocycles. The lowest BCUT2D eigenvalue weighted by molar-refractivity contribution is 0.585. The highest BCUT2D eigenvalue weighted by Gasteiger charge is 2.19. The Bertz CT molecular complexity index is 1060. The number of nitrogens with zero attached hydrogens (tertiary/aromatic N) is 2. The van der Waals surface area contributed by atoms with Crippen molar-refractivity contribution >= 4 is 39.0 Å². The Hall–Kier alpha value is -2.09. The lowest BCUT2D eigenvalue weighted by atomic mass is 10.1. The molecule has 28 heavy (non-hydrogen) atoms. The smallest absolute Gasteiger partial charge is 0.263 e. The summed E-state index contributed by atoms with van der Waals surface area (Å²) < 4.78 is 42.9. The van der Waals surface area contributed by atoms with Crippen LogP contribution in [0, 0.1) is 5.82 Å². The molecule has 0 radical (unpaired) electrons. The summed E-state index contributed by atoms with van der Waals surface area (Å²) in [5.74, 6) is -0.514. The van der Waals surface area contributed by atoms with Crippen molar-refractivity contribution in [3.05, 3.63) is 75.7 Å². The van der Waals surface area contributed by atoms with Crippen LogP contribution in [0.1, 0.15) is 24.5 Å². The molecule has 0 atom stereocenters. The molecule has 5 nitrogen and oxygen atoms in total. The van der Waals surface area contributed by atoms with E-state index >= 15 is 0 Å². The fraction of sp³-hybridized carbons (Fsp3) is 0.211. The van der Waals surface area contributed by atoms with Crippen molar-refractivity contribution in [1.82, 2.24) is 9.78 Å². The van der Waals surface area contributed by atoms with E-state index < -0.39 is 15.8 Å². The van der Waals surface area contributed by atoms with Gasteiger partial charge >= 0.3 is 0 Å². The van der Waals surface area contributed by atoms with Crippen LogP contribution < -0.4 is 4.72 Å². The molecule has 0 saturated carbocycles. The van der Waals surface area contributed by atoms with Gasteiger partial charge in [0.1, 0.15) is 10.8 Å². The first-order chi connectivity index (χ1) is 13.3. The first-order valence-corrected chi connectivity index (χ1v) is 10.8. The Labute approximate surface area is 173 Å². The highest BCUT2D eigenvalue weighted by atomic mass is 35.5. The molecule has 0 aliphatic carbocycles. The molecule has 3 rings (SSSR count). The first-order valence-electron chi connectivity index (χ1n) is 8.57. The molecule has 148 valence electrons. The van der Waals surface area contributed by atoms with Crippen LogP contribution in [0.4, 0.5) is 10.2 Å². The maximum Gasteiger partial charge on any atom is 0.263 e. The molecular formula is C19H18Cl2FN3O2S. The van der Waals surface area contributed by atoms with Gasteiger partial charge in [0.05, 0.1) is 11.4 Å². The number of aryl methyl sites for hydroxylation is 1. The molecule has 0 aliphatic heterocycles. The third-order valence-electron chi connectivity index (χ3n) is 4.10. The predicted octanol–water partition coefficient (Wildman–Crippen LogP) is 5.13. The van der Waals surface area contributed by atoms with Gasteiger partial charge in [-0.25, -0.2) is 12.8 Å². The first kappa shape index (κ1) is 20.6. The molecular weight excluding hydrogens is 424 g/mol. The van der Waals surface area contributed by atoms with Crippen molar-refractivity contribution in [2.75, 3.05) is 4.72 Å². The summed E-state index contributed by atoms with van der Waals surface area (Å²) in [7, 11) is -3.85. The molecule has 0 unspecified atom stereocenters. The van der Waals surface area contributed by atoms with Crippen LogP contribution in [0.2, 0.25) is 10.0 Å². The molecule has 9 heteroatoms. The van der Waals surface area contributed by atoms with Gasteiger partial charge in [-0.1, -0.05) is 54.7 Å². The number of nitrogens with one attached hydrogen (secondary N) is 1. The Balaban J connectivity index is 1.81. The van der Waals surface area contributed by atoms with E-state index in [1.807, 2.05) is 0 Å². The molecule has 1 N–H and O–H groups in total. The van der Waals surface area contributed by atoms with E-state index in [9.17, 15) is 12.8 Å². The zero-order valence-electron chi connectivity index (χ0n) is 15.0. The standard InChI is InChI=1S/C19H18Cl2FN3O2S/c1-2-4-13-7-9-14(10-8-13)28(26,27)24-19-17(21)12-25(23-19)11-15-16(20)5-3-6-18(15)22/h3,5-10,12H,2,4,11H2,1H3,(H,23,24). The maximum atomic E-state index is 14.0. The monoisotopic (exact) mass is 441 g/mol. The van der Waals surface area contributed by atoms with Crippen molar-refractivity contribution in [3.63, 3.8) is 0 Å². The Morgan fingerprint density at radius 1 is 1.11 bits per heavy atom. The van der Waals surface area contributed by atoms with Crippen LogP contribution in [0.25, 0.3) is 0 Å². The van der Waals surface area contributed by atoms with Crippen molar-refractivity contribution in [2.24, 2.45) is 0 Å². The average molecular weight is 442 g/mol. The fourth-order valence-electron chi connectivity index (χ4n) is 2.70. The number of aromatic nitrogens is 2. The lowest BCUT2D eigenvalue weighted by Crippen LogP contribution is -2.14. The van der Waals surface area contributed by atoms with Crippen LogP contribution in [-0.4, -0.2) is 18.2 Å². The van der Waals surface area contributed by atoms with Crippen LogP contribution >= 0.6 is 23.2 Å². The number of sulfonamides is 1. The van der Waals surface area contributed by atoms with E-state index in [4.69, 9.17) is 23.2 Å². The van der Waals surface area contributed by atoms with Crippen LogP contribution in [0.5, 0.6) is 0 Å². The normalized spacial score (nSPS) is 11.6. The van der Waals surface area contributed by atoms with Gasteiger partial charge in [0.2, 0.25) is 0 Å². The minimum Gasteiger partial charge on any atom is -0.264 e. The van der Waals surface area contributed by atoms with Crippen LogP contribution in [0.15, 0.2) is 53.6 Å². The van der Waals surface area contributed by atoms with Gasteiger partial charge in [0.25, 0.3) is 10.0 Å². The van der Waals surface area contributed by atoms with Crippen LogP contribution in [-0.2, 0) is 23.0 Å². The Kier molecular flexibility index (Phi) is 6.27. The van der Waals surface area contributed by atoms with E-state index in [2.05, 4.69) is 16.7 Å². The largest absolute Gasteiger partial charge is 0.264 e. The zero-order chi connectivity index (χ0) is 20.3. The average Bonchev–Trinajstić information content (AvgIpc) is 2.98. The molecule has 0 aliphatic rings. The summed E-state index contributed by atoms with van der Waals surface area (Å²) in [5.41, 5.74) is 1.30. The van der Waals surface area contributed by atoms with Gasteiger partial charge < -0.3 is 0 Å². The van der Waals surface area contributed by atoms with Gasteiger partial charge in [-0.15, -0.1) is 0 Å². The number of hydrogen-bond acceptors (Lipinski definition) is 3. The van der Waals surface area contributed by atoms with Crippen molar-refractivity contribution < 1.29 is 12.8 Å². The van der Waals surface area contributed by atoms with E-state index in [1.165, 1.54) is 35.1 Å². The fourth-order valence-corrected chi connectivity index (χ4v) is 4.20. The molecule has 0 amide bonds. The summed E-state index contributed by atoms with van der Waals surface area (Å²) in [4.78, 5) is 0.107. The third kappa shape index (κ3) is 4.66. The summed E-state index contributed by atoms with van der Waals surface area (Å²) in [6.07, 6.45) is 3.26. The van der Waals surface area contributed by atoms with Crippen molar-refractivity contribution in [1.29, 1.82) is 0 Å². The summed E-state index contributed by atoms with van der Waals surface area (Å²) in [6.45, 7) is 2.07. The molecule has 3 aromatic rings. The quantitative estimate of drug-likeness (QED) is 0.552. The van der Waals surface area contributed by atoms with Gasteiger partial charge in [-0.3, -0.25) is 9.40 Å².